The van der Waals surface area contributed by atoms with Crippen LogP contribution in [0.25, 0.3) is 0 Å². The van der Waals surface area contributed by atoms with E-state index in [0.29, 0.717) is 11.4 Å². The molecule has 0 radical (unpaired) electrons. The number of nitrogen functional groups attached to an aromatic ring is 1. The van der Waals surface area contributed by atoms with E-state index >= 15 is 0 Å². The Balaban J connectivity index is 2.43. The molecule has 0 spiro atoms. The van der Waals surface area contributed by atoms with E-state index < -0.39 is 15.2 Å². The van der Waals surface area contributed by atoms with E-state index in [1.165, 1.54) is 6.26 Å². The highest BCUT2D eigenvalue weighted by atomic mass is 32.2. The van der Waals surface area contributed by atoms with Crippen molar-refractivity contribution < 1.29 is 8.42 Å². The topological polar surface area (TPSA) is 63.4 Å². The Bertz CT molecular complexity index is 543. The molecule has 4 nitrogen and oxygen atoms in total. The Morgan fingerprint density at radius 2 is 2.17 bits per heavy atom. The van der Waals surface area contributed by atoms with Gasteiger partial charge in [0, 0.05) is 35.7 Å². The number of sulfone groups is 1. The summed E-state index contributed by atoms with van der Waals surface area (Å²) in [6, 6.07) is 5.66. The van der Waals surface area contributed by atoms with Crippen LogP contribution in [-0.4, -0.2) is 38.1 Å². The van der Waals surface area contributed by atoms with Crippen molar-refractivity contribution in [3.63, 3.8) is 0 Å². The Labute approximate surface area is 112 Å². The number of hydrogen-bond acceptors (Lipinski definition) is 5. The summed E-state index contributed by atoms with van der Waals surface area (Å²) < 4.78 is 23.8. The lowest BCUT2D eigenvalue weighted by molar-refractivity contribution is 0.584. The molecule has 100 valence electrons. The first kappa shape index (κ1) is 13.5. The van der Waals surface area contributed by atoms with Crippen LogP contribution in [0.1, 0.15) is 5.56 Å². The Morgan fingerprint density at radius 3 is 2.83 bits per heavy atom. The SMILES string of the molecule is Cc1c(N)cccc1N1CCSCC1S(C)(=O)=O. The molecule has 1 saturated heterocycles. The van der Waals surface area contributed by atoms with E-state index in [4.69, 9.17) is 5.73 Å². The van der Waals surface area contributed by atoms with Gasteiger partial charge in [0.25, 0.3) is 0 Å². The smallest absolute Gasteiger partial charge is 0.169 e. The minimum absolute atomic E-state index is 0.447. The van der Waals surface area contributed by atoms with Crippen molar-refractivity contribution in [1.82, 2.24) is 0 Å². The third-order valence-corrected chi connectivity index (χ3v) is 5.88. The molecule has 1 atom stereocenters. The number of rotatable bonds is 2. The maximum Gasteiger partial charge on any atom is 0.169 e. The van der Waals surface area contributed by atoms with E-state index in [-0.39, 0.29) is 0 Å². The van der Waals surface area contributed by atoms with Gasteiger partial charge in [-0.2, -0.15) is 11.8 Å². The highest BCUT2D eigenvalue weighted by Crippen LogP contribution is 2.31. The van der Waals surface area contributed by atoms with Gasteiger partial charge in [-0.15, -0.1) is 0 Å². The molecular weight excluding hydrogens is 268 g/mol. The number of nitrogens with two attached hydrogens (primary N) is 1. The first-order valence-electron chi connectivity index (χ1n) is 5.79. The molecule has 1 aliphatic rings. The van der Waals surface area contributed by atoms with Crippen molar-refractivity contribution >= 4 is 33.0 Å². The minimum Gasteiger partial charge on any atom is -0.398 e. The molecule has 1 unspecified atom stereocenters. The predicted molar refractivity (Wildman–Crippen MR) is 78.9 cm³/mol. The van der Waals surface area contributed by atoms with Crippen molar-refractivity contribution in [3.05, 3.63) is 23.8 Å². The Hall–Kier alpha value is -0.880. The van der Waals surface area contributed by atoms with Crippen LogP contribution in [0.3, 0.4) is 0 Å². The lowest BCUT2D eigenvalue weighted by Gasteiger charge is -2.37. The fourth-order valence-electron chi connectivity index (χ4n) is 2.16. The van der Waals surface area contributed by atoms with Crippen LogP contribution in [0.2, 0.25) is 0 Å². The summed E-state index contributed by atoms with van der Waals surface area (Å²) in [5.74, 6) is 1.56. The van der Waals surface area contributed by atoms with Gasteiger partial charge in [-0.05, 0) is 24.6 Å². The van der Waals surface area contributed by atoms with E-state index in [1.807, 2.05) is 30.0 Å². The van der Waals surface area contributed by atoms with Gasteiger partial charge in [0.05, 0.1) is 0 Å². The van der Waals surface area contributed by atoms with E-state index in [1.54, 1.807) is 11.8 Å². The second-order valence-corrected chi connectivity index (χ2v) is 7.90. The number of benzene rings is 1. The van der Waals surface area contributed by atoms with Crippen LogP contribution in [0.4, 0.5) is 11.4 Å². The van der Waals surface area contributed by atoms with Crippen LogP contribution in [0, 0.1) is 6.92 Å². The first-order chi connectivity index (χ1) is 8.41. The molecule has 2 N–H and O–H groups in total. The van der Waals surface area contributed by atoms with Crippen molar-refractivity contribution in [1.29, 1.82) is 0 Å². The number of anilines is 2. The van der Waals surface area contributed by atoms with Crippen molar-refractivity contribution in [3.8, 4) is 0 Å². The van der Waals surface area contributed by atoms with Gasteiger partial charge in [0.1, 0.15) is 5.37 Å². The monoisotopic (exact) mass is 286 g/mol. The zero-order chi connectivity index (χ0) is 13.3. The Kier molecular flexibility index (Phi) is 3.77. The molecule has 1 aromatic rings. The summed E-state index contributed by atoms with van der Waals surface area (Å²) >= 11 is 1.69. The molecule has 0 saturated carbocycles. The summed E-state index contributed by atoms with van der Waals surface area (Å²) in [5.41, 5.74) is 8.50. The van der Waals surface area contributed by atoms with Crippen LogP contribution >= 0.6 is 11.8 Å². The maximum absolute atomic E-state index is 11.9. The maximum atomic E-state index is 11.9. The second kappa shape index (κ2) is 5.01. The zero-order valence-corrected chi connectivity index (χ0v) is 12.2. The summed E-state index contributed by atoms with van der Waals surface area (Å²) in [6.45, 7) is 2.68. The van der Waals surface area contributed by atoms with Gasteiger partial charge in [-0.3, -0.25) is 0 Å². The highest BCUT2D eigenvalue weighted by Gasteiger charge is 2.31. The number of nitrogens with zero attached hydrogens (tertiary/aromatic N) is 1. The van der Waals surface area contributed by atoms with E-state index in [0.717, 1.165) is 23.5 Å². The lowest BCUT2D eigenvalue weighted by atomic mass is 10.1. The summed E-state index contributed by atoms with van der Waals surface area (Å²) in [5, 5.41) is -0.447. The first-order valence-corrected chi connectivity index (χ1v) is 8.90. The molecule has 18 heavy (non-hydrogen) atoms. The summed E-state index contributed by atoms with van der Waals surface area (Å²) in [4.78, 5) is 1.97. The van der Waals surface area contributed by atoms with Gasteiger partial charge in [-0.25, -0.2) is 8.42 Å². The van der Waals surface area contributed by atoms with Gasteiger partial charge in [-0.1, -0.05) is 6.07 Å². The largest absolute Gasteiger partial charge is 0.398 e. The van der Waals surface area contributed by atoms with Crippen LogP contribution in [0.15, 0.2) is 18.2 Å². The average molecular weight is 286 g/mol. The third-order valence-electron chi connectivity index (χ3n) is 3.24. The lowest BCUT2D eigenvalue weighted by Crippen LogP contribution is -2.47. The molecule has 0 aromatic heterocycles. The molecule has 2 rings (SSSR count). The molecule has 1 aromatic carbocycles. The van der Waals surface area contributed by atoms with Crippen LogP contribution in [-0.2, 0) is 9.84 Å². The standard InChI is InChI=1S/C12H18N2O2S2/c1-9-10(13)4-3-5-11(9)14-6-7-17-8-12(14)18(2,15)16/h3-5,12H,6-8,13H2,1-2H3. The predicted octanol–water partition coefficient (Wildman–Crippen LogP) is 1.50. The van der Waals surface area contributed by atoms with Crippen molar-refractivity contribution in [2.75, 3.05) is 34.9 Å². The number of hydrogen-bond donors (Lipinski definition) is 1. The highest BCUT2D eigenvalue weighted by molar-refractivity contribution is 8.01. The molecule has 1 aliphatic heterocycles. The number of thioether (sulfide) groups is 1. The van der Waals surface area contributed by atoms with Crippen molar-refractivity contribution in [2.24, 2.45) is 0 Å². The molecule has 6 heteroatoms. The molecule has 0 aliphatic carbocycles. The van der Waals surface area contributed by atoms with Gasteiger partial charge < -0.3 is 10.6 Å². The van der Waals surface area contributed by atoms with Gasteiger partial charge in [0.2, 0.25) is 0 Å². The average Bonchev–Trinajstić information content (AvgIpc) is 2.32. The van der Waals surface area contributed by atoms with Crippen molar-refractivity contribution in [2.45, 2.75) is 12.3 Å². The minimum atomic E-state index is -3.09. The molecular formula is C12H18N2O2S2. The zero-order valence-electron chi connectivity index (χ0n) is 10.6. The molecule has 0 bridgehead atoms. The van der Waals surface area contributed by atoms with Crippen LogP contribution < -0.4 is 10.6 Å². The fraction of sp³-hybridized carbons (Fsp3) is 0.500. The normalized spacial score (nSPS) is 21.0. The van der Waals surface area contributed by atoms with E-state index in [2.05, 4.69) is 0 Å². The van der Waals surface area contributed by atoms with Gasteiger partial charge >= 0.3 is 0 Å². The third kappa shape index (κ3) is 2.59. The van der Waals surface area contributed by atoms with Crippen LogP contribution in [0.5, 0.6) is 0 Å². The molecule has 0 amide bonds. The van der Waals surface area contributed by atoms with E-state index in [9.17, 15) is 8.42 Å². The Morgan fingerprint density at radius 1 is 1.44 bits per heavy atom. The summed E-state index contributed by atoms with van der Waals surface area (Å²) in [6.07, 6.45) is 1.30. The fourth-order valence-corrected chi connectivity index (χ4v) is 5.00. The molecule has 1 heterocycles. The molecule has 1 fully saturated rings. The van der Waals surface area contributed by atoms with Gasteiger partial charge in [0.15, 0.2) is 9.84 Å². The quantitative estimate of drug-likeness (QED) is 0.835. The summed E-state index contributed by atoms with van der Waals surface area (Å²) in [7, 11) is -3.09. The second-order valence-electron chi connectivity index (χ2n) is 4.54.